The van der Waals surface area contributed by atoms with Gasteiger partial charge in [-0.15, -0.1) is 34.7 Å². The van der Waals surface area contributed by atoms with E-state index in [1.807, 2.05) is 0 Å². The van der Waals surface area contributed by atoms with Crippen molar-refractivity contribution in [1.82, 2.24) is 15.2 Å². The van der Waals surface area contributed by atoms with Crippen molar-refractivity contribution in [3.63, 3.8) is 0 Å². The molecule has 2 aliphatic rings. The third-order valence-corrected chi connectivity index (χ3v) is 7.74. The molecule has 19 heteroatoms. The fourth-order valence-corrected chi connectivity index (χ4v) is 5.75. The number of oxime groups is 1. The third-order valence-electron chi connectivity index (χ3n) is 5.30. The van der Waals surface area contributed by atoms with E-state index >= 15 is 0 Å². The first-order valence-corrected chi connectivity index (χ1v) is 13.2. The summed E-state index contributed by atoms with van der Waals surface area (Å²) >= 11 is 8.49. The molecule has 3 heterocycles. The van der Waals surface area contributed by atoms with E-state index in [-0.39, 0.29) is 43.3 Å². The molecule has 0 saturated carbocycles. The number of carbonyl (C=O) groups is 5. The molecule has 3 rings (SSSR count). The highest BCUT2D eigenvalue weighted by Gasteiger charge is 2.54. The van der Waals surface area contributed by atoms with E-state index in [0.29, 0.717) is 16.3 Å². The molecular formula is C18H20B3ClN4O9S2. The predicted molar refractivity (Wildman–Crippen MR) is 139 cm³/mol. The SMILES string of the molecule is BOC(=O)C1=C(CCl)CS[C@@H]2[C@H](NC(=O)/C(=N\O[C@@H](CBOC=O)C(=O)BO)c3csc(C)n3)C(=O)N12. The van der Waals surface area contributed by atoms with E-state index in [4.69, 9.17) is 21.1 Å². The van der Waals surface area contributed by atoms with Crippen LogP contribution < -0.4 is 5.32 Å². The molecule has 13 nitrogen and oxygen atoms in total. The number of halogens is 1. The number of thioether (sulfide) groups is 1. The number of alkyl halides is 1. The molecule has 0 aliphatic carbocycles. The monoisotopic (exact) mass is 568 g/mol. The van der Waals surface area contributed by atoms with Crippen LogP contribution in [0.2, 0.25) is 6.32 Å². The molecule has 0 radical (unpaired) electrons. The quantitative estimate of drug-likeness (QED) is 0.0484. The van der Waals surface area contributed by atoms with Crippen molar-refractivity contribution < 1.29 is 43.1 Å². The summed E-state index contributed by atoms with van der Waals surface area (Å²) in [5.74, 6) is -1.66. The number of rotatable bonds is 13. The second-order valence-electron chi connectivity index (χ2n) is 7.60. The minimum Gasteiger partial charge on any atom is -0.542 e. The average Bonchev–Trinajstić information content (AvgIpc) is 3.34. The molecule has 0 aromatic carbocycles. The average molecular weight is 568 g/mol. The maximum atomic E-state index is 13.2. The fraction of sp³-hybridized carbons (Fsp3) is 0.389. The second kappa shape index (κ2) is 13.1. The van der Waals surface area contributed by atoms with Gasteiger partial charge in [0.25, 0.3) is 18.3 Å². The van der Waals surface area contributed by atoms with Gasteiger partial charge >= 0.3 is 29.0 Å². The largest absolute Gasteiger partial charge is 0.542 e. The van der Waals surface area contributed by atoms with Crippen molar-refractivity contribution in [2.45, 2.75) is 30.8 Å². The zero-order chi connectivity index (χ0) is 27.1. The Morgan fingerprint density at radius 2 is 2.24 bits per heavy atom. The van der Waals surface area contributed by atoms with Crippen molar-refractivity contribution in [2.75, 3.05) is 11.6 Å². The van der Waals surface area contributed by atoms with Crippen LogP contribution in [0.1, 0.15) is 10.7 Å². The van der Waals surface area contributed by atoms with Crippen molar-refractivity contribution in [3.8, 4) is 0 Å². The number of aryl methyl sites for hydroxylation is 1. The molecule has 1 fully saturated rings. The van der Waals surface area contributed by atoms with E-state index in [0.717, 1.165) is 0 Å². The van der Waals surface area contributed by atoms with Gasteiger partial charge in [0, 0.05) is 23.3 Å². The van der Waals surface area contributed by atoms with Gasteiger partial charge in [-0.2, -0.15) is 0 Å². The van der Waals surface area contributed by atoms with Gasteiger partial charge in [-0.25, -0.2) is 9.78 Å². The lowest BCUT2D eigenvalue weighted by molar-refractivity contribution is -0.149. The Balaban J connectivity index is 1.81. The van der Waals surface area contributed by atoms with Crippen LogP contribution in [0.15, 0.2) is 21.8 Å². The molecule has 0 bridgehead atoms. The Morgan fingerprint density at radius 1 is 1.49 bits per heavy atom. The maximum absolute atomic E-state index is 13.2. The highest BCUT2D eigenvalue weighted by atomic mass is 35.5. The van der Waals surface area contributed by atoms with Gasteiger partial charge in [0.15, 0.2) is 17.5 Å². The number of amides is 2. The number of thiazole rings is 1. The normalized spacial score (nSPS) is 19.7. The number of β-lactam (4-membered cyclic amide) rings is 1. The third kappa shape index (κ3) is 6.37. The lowest BCUT2D eigenvalue weighted by Crippen LogP contribution is -2.71. The number of nitrogens with zero attached hydrogens (tertiary/aromatic N) is 3. The first kappa shape index (κ1) is 28.8. The van der Waals surface area contributed by atoms with Gasteiger partial charge in [-0.3, -0.25) is 19.3 Å². The zero-order valence-corrected chi connectivity index (χ0v) is 22.1. The molecule has 0 spiro atoms. The summed E-state index contributed by atoms with van der Waals surface area (Å²) in [5.41, 5.74) is -0.313. The summed E-state index contributed by atoms with van der Waals surface area (Å²) in [5, 5.41) is 17.2. The first-order chi connectivity index (χ1) is 17.8. The fourth-order valence-electron chi connectivity index (χ4n) is 3.47. The number of hydrogen-bond acceptors (Lipinski definition) is 13. The lowest BCUT2D eigenvalue weighted by atomic mass is 9.80. The zero-order valence-electron chi connectivity index (χ0n) is 19.7. The Labute approximate surface area is 226 Å². The van der Waals surface area contributed by atoms with E-state index in [2.05, 4.69) is 20.1 Å². The smallest absolute Gasteiger partial charge is 0.353 e. The van der Waals surface area contributed by atoms with Gasteiger partial charge in [-0.1, -0.05) is 5.16 Å². The maximum Gasteiger partial charge on any atom is 0.353 e. The molecule has 194 valence electrons. The van der Waals surface area contributed by atoms with Gasteiger partial charge in [0.05, 0.1) is 5.01 Å². The molecule has 0 unspecified atom stereocenters. The van der Waals surface area contributed by atoms with E-state index < -0.39 is 48.5 Å². The lowest BCUT2D eigenvalue weighted by Gasteiger charge is -2.49. The van der Waals surface area contributed by atoms with Crippen molar-refractivity contribution in [1.29, 1.82) is 0 Å². The topological polar surface area (TPSA) is 174 Å². The summed E-state index contributed by atoms with van der Waals surface area (Å²) in [7, 11) is 0.155. The van der Waals surface area contributed by atoms with Gasteiger partial charge < -0.3 is 29.3 Å². The van der Waals surface area contributed by atoms with Gasteiger partial charge in [0.2, 0.25) is 0 Å². The summed E-state index contributed by atoms with van der Waals surface area (Å²) in [6, 6.07) is -0.991. The van der Waals surface area contributed by atoms with Crippen LogP contribution in [0.25, 0.3) is 0 Å². The first-order valence-electron chi connectivity index (χ1n) is 10.7. The summed E-state index contributed by atoms with van der Waals surface area (Å²) in [4.78, 5) is 71.6. The van der Waals surface area contributed by atoms with Crippen LogP contribution in [-0.2, 0) is 38.1 Å². The van der Waals surface area contributed by atoms with Crippen LogP contribution >= 0.6 is 34.7 Å². The molecule has 1 saturated heterocycles. The molecular weight excluding hydrogens is 548 g/mol. The minimum absolute atomic E-state index is 0.0356. The Morgan fingerprint density at radius 3 is 2.84 bits per heavy atom. The van der Waals surface area contributed by atoms with E-state index in [1.165, 1.54) is 36.0 Å². The van der Waals surface area contributed by atoms with Gasteiger partial charge in [-0.05, 0) is 12.5 Å². The summed E-state index contributed by atoms with van der Waals surface area (Å²) in [6.07, 6.45) is -1.42. The number of nitrogens with one attached hydrogen (secondary N) is 1. The van der Waals surface area contributed by atoms with Crippen LogP contribution in [0.3, 0.4) is 0 Å². The molecule has 2 N–H and O–H groups in total. The van der Waals surface area contributed by atoms with Crippen LogP contribution in [0.5, 0.6) is 0 Å². The number of hydrogen-bond donors (Lipinski definition) is 2. The minimum atomic E-state index is -1.30. The van der Waals surface area contributed by atoms with Crippen molar-refractivity contribution in [2.24, 2.45) is 5.16 Å². The van der Waals surface area contributed by atoms with Crippen molar-refractivity contribution >= 4 is 93.4 Å². The van der Waals surface area contributed by atoms with Crippen LogP contribution in [-0.4, -0.2) is 103 Å². The molecule has 1 aromatic rings. The number of aromatic nitrogens is 1. The highest BCUT2D eigenvalue weighted by Crippen LogP contribution is 2.40. The number of carbonyl (C=O) groups excluding carboxylic acids is 5. The number of fused-ring (bicyclic) bond motifs is 1. The van der Waals surface area contributed by atoms with Crippen LogP contribution in [0.4, 0.5) is 0 Å². The van der Waals surface area contributed by atoms with Crippen LogP contribution in [0, 0.1) is 6.92 Å². The Kier molecular flexibility index (Phi) is 10.2. The second-order valence-corrected chi connectivity index (χ2v) is 10.0. The molecule has 37 heavy (non-hydrogen) atoms. The molecule has 2 aliphatic heterocycles. The molecule has 1 aromatic heterocycles. The highest BCUT2D eigenvalue weighted by molar-refractivity contribution is 8.00. The van der Waals surface area contributed by atoms with Gasteiger partial charge in [0.1, 0.15) is 22.8 Å². The molecule has 2 amide bonds. The Bertz CT molecular complexity index is 1150. The molecule has 3 atom stereocenters. The summed E-state index contributed by atoms with van der Waals surface area (Å²) in [6.45, 7) is 1.90. The van der Waals surface area contributed by atoms with E-state index in [1.54, 1.807) is 12.3 Å². The predicted octanol–water partition coefficient (Wildman–Crippen LogP) is -2.66. The van der Waals surface area contributed by atoms with E-state index in [9.17, 15) is 29.0 Å². The Hall–Kier alpha value is -2.82. The summed E-state index contributed by atoms with van der Waals surface area (Å²) < 4.78 is 9.36. The van der Waals surface area contributed by atoms with Crippen molar-refractivity contribution in [3.05, 3.63) is 27.4 Å². The standard InChI is InChI=1S/C18H20B3ClN4O9S2/c1-7-23-9(5-36-7)11(25-35-10(14(28)21-32)2-20-33-6-27)15(29)24-12-16(30)26-13(18(31)34-19)8(3-22)4-37-17(12)26/h5-6,10,12,17,20-21,32H,2-4,19H2,1H3,(H,24,29)/b25-11-/t10-,12+,17+/m0/s1.